The second-order valence-electron chi connectivity index (χ2n) is 10.6. The van der Waals surface area contributed by atoms with E-state index in [1.165, 1.54) is 11.3 Å². The Labute approximate surface area is 238 Å². The highest BCUT2D eigenvalue weighted by Gasteiger charge is 2.55. The summed E-state index contributed by atoms with van der Waals surface area (Å²) in [5, 5.41) is 2.69. The number of ether oxygens (including phenoxy) is 2. The maximum absolute atomic E-state index is 13.9. The van der Waals surface area contributed by atoms with Gasteiger partial charge in [0.05, 0.1) is 26.3 Å². The van der Waals surface area contributed by atoms with Crippen LogP contribution in [0.4, 0.5) is 4.79 Å². The highest BCUT2D eigenvalue weighted by Crippen LogP contribution is 2.49. The van der Waals surface area contributed by atoms with E-state index in [1.54, 1.807) is 14.2 Å². The van der Waals surface area contributed by atoms with E-state index < -0.39 is 5.54 Å². The highest BCUT2D eigenvalue weighted by molar-refractivity contribution is 7.13. The average molecular weight is 559 g/mol. The molecule has 0 radical (unpaired) electrons. The van der Waals surface area contributed by atoms with E-state index in [1.807, 2.05) is 69.5 Å². The summed E-state index contributed by atoms with van der Waals surface area (Å²) in [4.78, 5) is 37.8. The van der Waals surface area contributed by atoms with Crippen LogP contribution in [0, 0.1) is 0 Å². The molecule has 3 aliphatic heterocycles. The zero-order chi connectivity index (χ0) is 28.0. The Morgan fingerprint density at radius 3 is 2.55 bits per heavy atom. The van der Waals surface area contributed by atoms with Crippen LogP contribution < -0.4 is 9.47 Å². The molecule has 8 nitrogen and oxygen atoms in total. The Bertz CT molecular complexity index is 1480. The SMILES string of the molecule is CCN1C(=O)N2Cc3cc(OC)cc(OC)c3[C@@H](C)C=C2C12CCN(C(=O)c1csc(-c3ccccc3)n1)CC2. The van der Waals surface area contributed by atoms with Gasteiger partial charge in [-0.25, -0.2) is 9.78 Å². The third-order valence-electron chi connectivity index (χ3n) is 8.53. The molecule has 208 valence electrons. The molecule has 0 N–H and O–H groups in total. The molecule has 3 aliphatic rings. The van der Waals surface area contributed by atoms with Crippen LogP contribution in [0.1, 0.15) is 54.2 Å². The number of urea groups is 1. The van der Waals surface area contributed by atoms with Crippen LogP contribution in [0.2, 0.25) is 0 Å². The van der Waals surface area contributed by atoms with Gasteiger partial charge < -0.3 is 19.3 Å². The number of rotatable bonds is 5. The van der Waals surface area contributed by atoms with Crippen molar-refractivity contribution in [3.05, 3.63) is 76.4 Å². The fraction of sp³-hybridized carbons (Fsp3) is 0.387. The van der Waals surface area contributed by atoms with Gasteiger partial charge in [0.2, 0.25) is 0 Å². The number of carbonyl (C=O) groups excluding carboxylic acids is 2. The largest absolute Gasteiger partial charge is 0.497 e. The van der Waals surface area contributed by atoms with Crippen LogP contribution in [0.15, 0.2) is 59.6 Å². The number of hydrogen-bond donors (Lipinski definition) is 0. The molecule has 2 fully saturated rings. The summed E-state index contributed by atoms with van der Waals surface area (Å²) in [6.45, 7) is 6.38. The monoisotopic (exact) mass is 558 g/mol. The lowest BCUT2D eigenvalue weighted by molar-refractivity contribution is 0.0571. The summed E-state index contributed by atoms with van der Waals surface area (Å²) in [6, 6.07) is 13.9. The maximum Gasteiger partial charge on any atom is 0.325 e. The molecule has 1 spiro atoms. The van der Waals surface area contributed by atoms with Crippen LogP contribution in [-0.2, 0) is 6.54 Å². The first-order chi connectivity index (χ1) is 19.4. The van der Waals surface area contributed by atoms with Gasteiger partial charge in [-0.15, -0.1) is 11.3 Å². The molecule has 1 aromatic heterocycles. The van der Waals surface area contributed by atoms with Crippen molar-refractivity contribution in [3.8, 4) is 22.1 Å². The lowest BCUT2D eigenvalue weighted by atomic mass is 9.82. The molecule has 4 heterocycles. The molecule has 0 saturated carbocycles. The number of allylic oxidation sites excluding steroid dienone is 1. The topological polar surface area (TPSA) is 75.2 Å². The number of nitrogens with zero attached hydrogens (tertiary/aromatic N) is 4. The number of hydrogen-bond acceptors (Lipinski definition) is 6. The summed E-state index contributed by atoms with van der Waals surface area (Å²) in [5.41, 5.74) is 4.19. The number of benzene rings is 2. The number of thiazole rings is 1. The van der Waals surface area contributed by atoms with Crippen molar-refractivity contribution in [3.63, 3.8) is 0 Å². The number of fused-ring (bicyclic) bond motifs is 3. The predicted octanol–water partition coefficient (Wildman–Crippen LogP) is 5.76. The lowest BCUT2D eigenvalue weighted by Crippen LogP contribution is -2.54. The molecule has 1 atom stereocenters. The van der Waals surface area contributed by atoms with E-state index in [0.29, 0.717) is 50.5 Å². The Morgan fingerprint density at radius 1 is 1.12 bits per heavy atom. The zero-order valence-electron chi connectivity index (χ0n) is 23.3. The molecule has 0 unspecified atom stereocenters. The molecule has 0 bridgehead atoms. The van der Waals surface area contributed by atoms with Crippen molar-refractivity contribution in [1.29, 1.82) is 0 Å². The molecule has 0 aliphatic carbocycles. The van der Waals surface area contributed by atoms with E-state index in [0.717, 1.165) is 33.1 Å². The number of piperidine rings is 1. The third-order valence-corrected chi connectivity index (χ3v) is 9.42. The van der Waals surface area contributed by atoms with Crippen molar-refractivity contribution in [2.24, 2.45) is 0 Å². The first-order valence-electron chi connectivity index (χ1n) is 13.8. The molecular weight excluding hydrogens is 524 g/mol. The van der Waals surface area contributed by atoms with Crippen molar-refractivity contribution in [2.45, 2.75) is 44.7 Å². The minimum absolute atomic E-state index is 0.0161. The van der Waals surface area contributed by atoms with Gasteiger partial charge in [-0.2, -0.15) is 0 Å². The van der Waals surface area contributed by atoms with Crippen molar-refractivity contribution in [2.75, 3.05) is 33.9 Å². The van der Waals surface area contributed by atoms with Gasteiger partial charge in [0.1, 0.15) is 22.2 Å². The maximum atomic E-state index is 13.9. The quantitative estimate of drug-likeness (QED) is 0.398. The summed E-state index contributed by atoms with van der Waals surface area (Å²) >= 11 is 1.49. The van der Waals surface area contributed by atoms with Gasteiger partial charge in [0.25, 0.3) is 5.91 Å². The number of methoxy groups -OCH3 is 2. The van der Waals surface area contributed by atoms with E-state index in [2.05, 4.69) is 18.0 Å². The molecule has 9 heteroatoms. The minimum atomic E-state index is -0.451. The third kappa shape index (κ3) is 4.15. The summed E-state index contributed by atoms with van der Waals surface area (Å²) in [7, 11) is 3.31. The van der Waals surface area contributed by atoms with Gasteiger partial charge in [-0.3, -0.25) is 9.69 Å². The van der Waals surface area contributed by atoms with E-state index in [9.17, 15) is 9.59 Å². The van der Waals surface area contributed by atoms with Crippen LogP contribution in [0.3, 0.4) is 0 Å². The first kappa shape index (κ1) is 26.4. The predicted molar refractivity (Wildman–Crippen MR) is 155 cm³/mol. The lowest BCUT2D eigenvalue weighted by Gasteiger charge is -2.44. The molecule has 40 heavy (non-hydrogen) atoms. The van der Waals surface area contributed by atoms with Gasteiger partial charge in [0.15, 0.2) is 0 Å². The summed E-state index contributed by atoms with van der Waals surface area (Å²) in [6.07, 6.45) is 3.60. The minimum Gasteiger partial charge on any atom is -0.497 e. The number of likely N-dealkylation sites (tertiary alicyclic amines) is 1. The number of aromatic nitrogens is 1. The fourth-order valence-corrected chi connectivity index (χ4v) is 7.39. The Morgan fingerprint density at radius 2 is 1.88 bits per heavy atom. The van der Waals surface area contributed by atoms with Crippen molar-refractivity contribution in [1.82, 2.24) is 19.7 Å². The Kier molecular flexibility index (Phi) is 6.78. The number of carbonyl (C=O) groups is 2. The van der Waals surface area contributed by atoms with Crippen molar-refractivity contribution < 1.29 is 19.1 Å². The fourth-order valence-electron chi connectivity index (χ4n) is 6.59. The first-order valence-corrected chi connectivity index (χ1v) is 14.6. The van der Waals surface area contributed by atoms with Crippen LogP contribution in [-0.4, -0.2) is 71.0 Å². The standard InChI is InChI=1S/C31H34N4O4S/c1-5-35-30(37)34-18-22-16-23(38-3)17-25(39-4)27(22)20(2)15-26(34)31(35)11-13-33(14-12-31)29(36)24-19-40-28(32-24)21-9-7-6-8-10-21/h6-10,15-17,19-20H,5,11-14,18H2,1-4H3/t20-/m0/s1. The van der Waals surface area contributed by atoms with Crippen molar-refractivity contribution >= 4 is 23.3 Å². The van der Waals surface area contributed by atoms with E-state index in [4.69, 9.17) is 9.47 Å². The Balaban J connectivity index is 1.28. The number of likely N-dealkylation sites (N-methyl/N-ethyl adjacent to an activating group) is 1. The van der Waals surface area contributed by atoms with Crippen LogP contribution in [0.5, 0.6) is 11.5 Å². The van der Waals surface area contributed by atoms with E-state index in [-0.39, 0.29) is 17.9 Å². The molecular formula is C31H34N4O4S. The molecule has 3 aromatic rings. The average Bonchev–Trinajstić information content (AvgIpc) is 3.51. The van der Waals surface area contributed by atoms with Gasteiger partial charge in [0, 0.05) is 53.8 Å². The second kappa shape index (κ2) is 10.3. The highest BCUT2D eigenvalue weighted by atomic mass is 32.1. The normalized spacial score (nSPS) is 19.7. The molecule has 3 amide bonds. The van der Waals surface area contributed by atoms with Gasteiger partial charge >= 0.3 is 6.03 Å². The van der Waals surface area contributed by atoms with Crippen LogP contribution >= 0.6 is 11.3 Å². The van der Waals surface area contributed by atoms with Gasteiger partial charge in [-0.05, 0) is 31.4 Å². The smallest absolute Gasteiger partial charge is 0.325 e. The van der Waals surface area contributed by atoms with E-state index >= 15 is 0 Å². The zero-order valence-corrected chi connectivity index (χ0v) is 24.2. The summed E-state index contributed by atoms with van der Waals surface area (Å²) < 4.78 is 11.3. The van der Waals surface area contributed by atoms with Gasteiger partial charge in [-0.1, -0.05) is 43.3 Å². The second-order valence-corrected chi connectivity index (χ2v) is 11.4. The molecule has 6 rings (SSSR count). The molecule has 2 saturated heterocycles. The molecule has 2 aromatic carbocycles. The number of amides is 3. The van der Waals surface area contributed by atoms with Crippen LogP contribution in [0.25, 0.3) is 10.6 Å². The Hall–Kier alpha value is -3.85. The summed E-state index contributed by atoms with van der Waals surface area (Å²) in [5.74, 6) is 1.48.